The first-order valence-electron chi connectivity index (χ1n) is 6.03. The molecule has 0 radical (unpaired) electrons. The number of amides is 1. The summed E-state index contributed by atoms with van der Waals surface area (Å²) in [5, 5.41) is 12.2. The number of carboxylic acid groups (broad SMARTS) is 1. The number of ether oxygens (including phenoxy) is 1. The van der Waals surface area contributed by atoms with Crippen molar-refractivity contribution in [2.75, 3.05) is 26.2 Å². The molecule has 2 fully saturated rings. The van der Waals surface area contributed by atoms with Gasteiger partial charge in [0.15, 0.2) is 0 Å². The van der Waals surface area contributed by atoms with Gasteiger partial charge in [-0.1, -0.05) is 0 Å². The Balaban J connectivity index is 1.88. The average Bonchev–Trinajstić information content (AvgIpc) is 2.79. The van der Waals surface area contributed by atoms with Gasteiger partial charge in [-0.2, -0.15) is 0 Å². The summed E-state index contributed by atoms with van der Waals surface area (Å²) >= 11 is 0. The maximum absolute atomic E-state index is 12.0. The van der Waals surface area contributed by atoms with Crippen molar-refractivity contribution in [3.63, 3.8) is 0 Å². The third-order valence-corrected chi connectivity index (χ3v) is 3.26. The van der Waals surface area contributed by atoms with Crippen LogP contribution in [0.25, 0.3) is 0 Å². The van der Waals surface area contributed by atoms with Crippen LogP contribution < -0.4 is 5.32 Å². The van der Waals surface area contributed by atoms with Crippen molar-refractivity contribution in [3.8, 4) is 0 Å². The van der Waals surface area contributed by atoms with Crippen molar-refractivity contribution >= 4 is 11.9 Å². The number of likely N-dealkylation sites (tertiary alicyclic amines) is 1. The molecular formula is C11H18N2O4. The zero-order chi connectivity index (χ0) is 12.3. The van der Waals surface area contributed by atoms with Gasteiger partial charge in [-0.05, 0) is 12.8 Å². The van der Waals surface area contributed by atoms with Crippen LogP contribution in [0.2, 0.25) is 0 Å². The highest BCUT2D eigenvalue weighted by molar-refractivity contribution is 5.84. The van der Waals surface area contributed by atoms with E-state index < -0.39 is 12.0 Å². The minimum absolute atomic E-state index is 0.108. The molecule has 2 N–H and O–H groups in total. The lowest BCUT2D eigenvalue weighted by Gasteiger charge is -2.27. The minimum atomic E-state index is -0.904. The van der Waals surface area contributed by atoms with E-state index in [-0.39, 0.29) is 18.4 Å². The smallest absolute Gasteiger partial charge is 0.326 e. The van der Waals surface area contributed by atoms with E-state index >= 15 is 0 Å². The third kappa shape index (κ3) is 2.95. The summed E-state index contributed by atoms with van der Waals surface area (Å²) in [6.45, 7) is 2.64. The van der Waals surface area contributed by atoms with Gasteiger partial charge in [-0.25, -0.2) is 4.79 Å². The molecule has 2 rings (SSSR count). The largest absolute Gasteiger partial charge is 0.480 e. The van der Waals surface area contributed by atoms with Crippen molar-refractivity contribution in [2.45, 2.75) is 31.4 Å². The monoisotopic (exact) mass is 242 g/mol. The van der Waals surface area contributed by atoms with Crippen LogP contribution in [0.1, 0.15) is 19.3 Å². The SMILES string of the molecule is O=C(O)[C@H]1CCCN1C(=O)CC1CNCCO1. The number of aliphatic carboxylic acids is 1. The standard InChI is InChI=1S/C11H18N2O4/c14-10(6-8-7-12-3-5-17-8)13-4-1-2-9(13)11(15)16/h8-9,12H,1-7H2,(H,15,16)/t8?,9-/m1/s1. The van der Waals surface area contributed by atoms with Gasteiger partial charge in [0.05, 0.1) is 19.1 Å². The average molecular weight is 242 g/mol. The summed E-state index contributed by atoms with van der Waals surface area (Å²) in [5.74, 6) is -1.01. The molecule has 0 aromatic rings. The Kier molecular flexibility index (Phi) is 3.96. The number of carboxylic acids is 1. The molecule has 96 valence electrons. The molecule has 0 saturated carbocycles. The van der Waals surface area contributed by atoms with E-state index in [0.717, 1.165) is 13.0 Å². The lowest BCUT2D eigenvalue weighted by Crippen LogP contribution is -2.45. The van der Waals surface area contributed by atoms with Crippen LogP contribution in [-0.2, 0) is 14.3 Å². The molecule has 17 heavy (non-hydrogen) atoms. The Hall–Kier alpha value is -1.14. The fraction of sp³-hybridized carbons (Fsp3) is 0.818. The first-order chi connectivity index (χ1) is 8.18. The minimum Gasteiger partial charge on any atom is -0.480 e. The van der Waals surface area contributed by atoms with Gasteiger partial charge in [-0.15, -0.1) is 0 Å². The highest BCUT2D eigenvalue weighted by Gasteiger charge is 2.34. The lowest BCUT2D eigenvalue weighted by molar-refractivity contribution is -0.149. The normalized spacial score (nSPS) is 29.3. The van der Waals surface area contributed by atoms with E-state index in [9.17, 15) is 9.59 Å². The third-order valence-electron chi connectivity index (χ3n) is 3.26. The van der Waals surface area contributed by atoms with Crippen molar-refractivity contribution in [1.29, 1.82) is 0 Å². The Morgan fingerprint density at radius 1 is 1.47 bits per heavy atom. The summed E-state index contributed by atoms with van der Waals surface area (Å²) in [5.41, 5.74) is 0. The van der Waals surface area contributed by atoms with Crippen molar-refractivity contribution in [1.82, 2.24) is 10.2 Å². The Labute approximate surface area is 99.9 Å². The van der Waals surface area contributed by atoms with E-state index in [1.54, 1.807) is 0 Å². The molecule has 0 spiro atoms. The molecule has 2 aliphatic rings. The maximum Gasteiger partial charge on any atom is 0.326 e. The van der Waals surface area contributed by atoms with Gasteiger partial charge in [0.25, 0.3) is 0 Å². The summed E-state index contributed by atoms with van der Waals surface area (Å²) in [7, 11) is 0. The van der Waals surface area contributed by atoms with E-state index in [2.05, 4.69) is 5.32 Å². The number of rotatable bonds is 3. The molecule has 2 atom stereocenters. The van der Waals surface area contributed by atoms with Gasteiger partial charge in [0.2, 0.25) is 5.91 Å². The quantitative estimate of drug-likeness (QED) is 0.693. The summed E-state index contributed by atoms with van der Waals surface area (Å²) in [6.07, 6.45) is 1.49. The fourth-order valence-corrected chi connectivity index (χ4v) is 2.38. The summed E-state index contributed by atoms with van der Waals surface area (Å²) < 4.78 is 5.45. The predicted molar refractivity (Wildman–Crippen MR) is 59.6 cm³/mol. The van der Waals surface area contributed by atoms with Crippen LogP contribution in [0.5, 0.6) is 0 Å². The molecule has 0 bridgehead atoms. The van der Waals surface area contributed by atoms with Gasteiger partial charge in [0.1, 0.15) is 6.04 Å². The Morgan fingerprint density at radius 2 is 2.29 bits per heavy atom. The zero-order valence-electron chi connectivity index (χ0n) is 9.72. The molecule has 0 aromatic carbocycles. The second-order valence-corrected chi connectivity index (χ2v) is 4.48. The van der Waals surface area contributed by atoms with Crippen molar-refractivity contribution in [2.24, 2.45) is 0 Å². The van der Waals surface area contributed by atoms with Crippen LogP contribution in [0.3, 0.4) is 0 Å². The van der Waals surface area contributed by atoms with Crippen molar-refractivity contribution < 1.29 is 19.4 Å². The van der Waals surface area contributed by atoms with Gasteiger partial charge in [0, 0.05) is 19.6 Å². The molecule has 0 aromatic heterocycles. The molecule has 2 saturated heterocycles. The molecule has 1 amide bonds. The molecule has 6 nitrogen and oxygen atoms in total. The molecule has 2 aliphatic heterocycles. The van der Waals surface area contributed by atoms with Crippen LogP contribution >= 0.6 is 0 Å². The molecule has 1 unspecified atom stereocenters. The van der Waals surface area contributed by atoms with E-state index in [1.807, 2.05) is 0 Å². The topological polar surface area (TPSA) is 78.9 Å². The van der Waals surface area contributed by atoms with Crippen LogP contribution in [0, 0.1) is 0 Å². The van der Waals surface area contributed by atoms with E-state index in [4.69, 9.17) is 9.84 Å². The van der Waals surface area contributed by atoms with Gasteiger partial charge >= 0.3 is 5.97 Å². The number of carbonyl (C=O) groups is 2. The van der Waals surface area contributed by atoms with Gasteiger partial charge in [-0.3, -0.25) is 4.79 Å². The van der Waals surface area contributed by atoms with Crippen LogP contribution in [-0.4, -0.2) is 60.3 Å². The summed E-state index contributed by atoms with van der Waals surface area (Å²) in [6, 6.07) is -0.640. The number of nitrogens with zero attached hydrogens (tertiary/aromatic N) is 1. The highest BCUT2D eigenvalue weighted by Crippen LogP contribution is 2.19. The summed E-state index contributed by atoms with van der Waals surface area (Å²) in [4.78, 5) is 24.4. The number of hydrogen-bond donors (Lipinski definition) is 2. The molecule has 6 heteroatoms. The first kappa shape index (κ1) is 12.3. The lowest BCUT2D eigenvalue weighted by atomic mass is 10.2. The number of morpholine rings is 1. The number of nitrogens with one attached hydrogen (secondary N) is 1. The number of hydrogen-bond acceptors (Lipinski definition) is 4. The second-order valence-electron chi connectivity index (χ2n) is 4.48. The zero-order valence-corrected chi connectivity index (χ0v) is 9.72. The predicted octanol–water partition coefficient (Wildman–Crippen LogP) is -0.559. The van der Waals surface area contributed by atoms with Crippen LogP contribution in [0.15, 0.2) is 0 Å². The van der Waals surface area contributed by atoms with Crippen LogP contribution in [0.4, 0.5) is 0 Å². The second kappa shape index (κ2) is 5.46. The Bertz CT molecular complexity index is 302. The molecule has 2 heterocycles. The highest BCUT2D eigenvalue weighted by atomic mass is 16.5. The Morgan fingerprint density at radius 3 is 2.94 bits per heavy atom. The number of carbonyl (C=O) groups excluding carboxylic acids is 1. The first-order valence-corrected chi connectivity index (χ1v) is 6.03. The molecular weight excluding hydrogens is 224 g/mol. The van der Waals surface area contributed by atoms with E-state index in [1.165, 1.54) is 4.90 Å². The van der Waals surface area contributed by atoms with Gasteiger partial charge < -0.3 is 20.1 Å². The maximum atomic E-state index is 12.0. The van der Waals surface area contributed by atoms with E-state index in [0.29, 0.717) is 26.1 Å². The fourth-order valence-electron chi connectivity index (χ4n) is 2.38. The molecule has 0 aliphatic carbocycles. The van der Waals surface area contributed by atoms with Crippen molar-refractivity contribution in [3.05, 3.63) is 0 Å².